The number of halogens is 4. The second-order valence-electron chi connectivity index (χ2n) is 5.16. The SMILES string of the molecule is COc1ccc(Cl)cc1C(=O)NNC(=O)COc1cccc(C(F)(F)F)c1. The zero-order valence-electron chi connectivity index (χ0n) is 13.9. The number of benzene rings is 2. The monoisotopic (exact) mass is 402 g/mol. The molecule has 144 valence electrons. The lowest BCUT2D eigenvalue weighted by Gasteiger charge is -2.12. The van der Waals surface area contributed by atoms with Gasteiger partial charge in [0, 0.05) is 5.02 Å². The minimum absolute atomic E-state index is 0.0871. The van der Waals surface area contributed by atoms with Crippen molar-refractivity contribution < 1.29 is 32.2 Å². The highest BCUT2D eigenvalue weighted by Gasteiger charge is 2.30. The van der Waals surface area contributed by atoms with Crippen LogP contribution in [0.25, 0.3) is 0 Å². The summed E-state index contributed by atoms with van der Waals surface area (Å²) < 4.78 is 47.9. The molecule has 0 aliphatic heterocycles. The Morgan fingerprint density at radius 2 is 1.85 bits per heavy atom. The number of rotatable bonds is 5. The molecular formula is C17H14ClF3N2O4. The number of methoxy groups -OCH3 is 1. The van der Waals surface area contributed by atoms with E-state index in [9.17, 15) is 22.8 Å². The van der Waals surface area contributed by atoms with Gasteiger partial charge in [-0.15, -0.1) is 0 Å². The molecule has 27 heavy (non-hydrogen) atoms. The highest BCUT2D eigenvalue weighted by molar-refractivity contribution is 6.31. The Bertz CT molecular complexity index is 843. The van der Waals surface area contributed by atoms with Crippen LogP contribution in [0.4, 0.5) is 13.2 Å². The molecule has 0 aromatic heterocycles. The smallest absolute Gasteiger partial charge is 0.416 e. The molecule has 2 amide bonds. The fourth-order valence-corrected chi connectivity index (χ4v) is 2.17. The fourth-order valence-electron chi connectivity index (χ4n) is 2.00. The fraction of sp³-hybridized carbons (Fsp3) is 0.176. The van der Waals surface area contributed by atoms with E-state index in [1.165, 1.54) is 31.4 Å². The van der Waals surface area contributed by atoms with Crippen molar-refractivity contribution >= 4 is 23.4 Å². The number of ether oxygens (including phenoxy) is 2. The Morgan fingerprint density at radius 3 is 2.52 bits per heavy atom. The van der Waals surface area contributed by atoms with Crippen molar-refractivity contribution in [2.45, 2.75) is 6.18 Å². The Hall–Kier alpha value is -2.94. The predicted molar refractivity (Wildman–Crippen MR) is 90.6 cm³/mol. The highest BCUT2D eigenvalue weighted by atomic mass is 35.5. The zero-order chi connectivity index (χ0) is 20.0. The average molecular weight is 403 g/mol. The molecule has 0 atom stereocenters. The summed E-state index contributed by atoms with van der Waals surface area (Å²) >= 11 is 5.82. The van der Waals surface area contributed by atoms with Crippen molar-refractivity contribution in [2.24, 2.45) is 0 Å². The Morgan fingerprint density at radius 1 is 1.11 bits per heavy atom. The van der Waals surface area contributed by atoms with Gasteiger partial charge in [-0.2, -0.15) is 13.2 Å². The summed E-state index contributed by atoms with van der Waals surface area (Å²) in [5.41, 5.74) is 3.40. The van der Waals surface area contributed by atoms with E-state index in [2.05, 4.69) is 10.9 Å². The summed E-state index contributed by atoms with van der Waals surface area (Å²) in [6.45, 7) is -0.603. The molecule has 0 aliphatic rings. The van der Waals surface area contributed by atoms with Gasteiger partial charge in [0.2, 0.25) is 0 Å². The van der Waals surface area contributed by atoms with Crippen LogP contribution in [0, 0.1) is 0 Å². The first-order valence-corrected chi connectivity index (χ1v) is 7.81. The van der Waals surface area contributed by atoms with Gasteiger partial charge >= 0.3 is 6.18 Å². The number of amides is 2. The first-order chi connectivity index (χ1) is 12.7. The normalized spacial score (nSPS) is 10.9. The Labute approximate surface area is 157 Å². The van der Waals surface area contributed by atoms with Gasteiger partial charge in [0.25, 0.3) is 11.8 Å². The maximum Gasteiger partial charge on any atom is 0.416 e. The van der Waals surface area contributed by atoms with Gasteiger partial charge in [0.1, 0.15) is 11.5 Å². The van der Waals surface area contributed by atoms with Gasteiger partial charge < -0.3 is 9.47 Å². The lowest BCUT2D eigenvalue weighted by molar-refractivity contribution is -0.137. The van der Waals surface area contributed by atoms with Crippen LogP contribution in [-0.2, 0) is 11.0 Å². The molecule has 0 saturated carbocycles. The quantitative estimate of drug-likeness (QED) is 0.753. The van der Waals surface area contributed by atoms with Gasteiger partial charge in [-0.1, -0.05) is 17.7 Å². The molecule has 0 saturated heterocycles. The van der Waals surface area contributed by atoms with Crippen LogP contribution in [-0.4, -0.2) is 25.5 Å². The third-order valence-electron chi connectivity index (χ3n) is 3.25. The van der Waals surface area contributed by atoms with E-state index in [-0.39, 0.29) is 17.1 Å². The van der Waals surface area contributed by atoms with Crippen LogP contribution < -0.4 is 20.3 Å². The molecule has 0 radical (unpaired) electrons. The summed E-state index contributed by atoms with van der Waals surface area (Å²) in [5.74, 6) is -1.36. The lowest BCUT2D eigenvalue weighted by Crippen LogP contribution is -2.43. The number of carbonyl (C=O) groups is 2. The third-order valence-corrected chi connectivity index (χ3v) is 3.49. The molecule has 0 aliphatic carbocycles. The number of hydrogen-bond donors (Lipinski definition) is 2. The standard InChI is InChI=1S/C17H14ClF3N2O4/c1-26-14-6-5-11(18)8-13(14)16(25)23-22-15(24)9-27-12-4-2-3-10(7-12)17(19,20)21/h2-8H,9H2,1H3,(H,22,24)(H,23,25). The van der Waals surface area contributed by atoms with E-state index >= 15 is 0 Å². The van der Waals surface area contributed by atoms with Gasteiger partial charge in [0.15, 0.2) is 6.61 Å². The Balaban J connectivity index is 1.90. The molecule has 0 fully saturated rings. The minimum atomic E-state index is -4.52. The first-order valence-electron chi connectivity index (χ1n) is 7.43. The highest BCUT2D eigenvalue weighted by Crippen LogP contribution is 2.31. The number of carbonyl (C=O) groups excluding carboxylic acids is 2. The second-order valence-corrected chi connectivity index (χ2v) is 5.60. The molecule has 0 spiro atoms. The molecule has 0 heterocycles. The van der Waals surface area contributed by atoms with Crippen molar-refractivity contribution in [3.63, 3.8) is 0 Å². The molecule has 2 aromatic rings. The van der Waals surface area contributed by atoms with Crippen LogP contribution >= 0.6 is 11.6 Å². The first kappa shape index (κ1) is 20.4. The van der Waals surface area contributed by atoms with Gasteiger partial charge in [-0.05, 0) is 36.4 Å². The van der Waals surface area contributed by atoms with Crippen molar-refractivity contribution in [3.05, 3.63) is 58.6 Å². The molecule has 0 unspecified atom stereocenters. The predicted octanol–water partition coefficient (Wildman–Crippen LogP) is 3.21. The summed E-state index contributed by atoms with van der Waals surface area (Å²) in [6.07, 6.45) is -4.52. The molecule has 6 nitrogen and oxygen atoms in total. The number of hydrogen-bond acceptors (Lipinski definition) is 4. The molecule has 2 rings (SSSR count). The van der Waals surface area contributed by atoms with Crippen molar-refractivity contribution in [1.82, 2.24) is 10.9 Å². The van der Waals surface area contributed by atoms with E-state index in [1.807, 2.05) is 0 Å². The van der Waals surface area contributed by atoms with E-state index in [1.54, 1.807) is 0 Å². The summed E-state index contributed by atoms with van der Waals surface area (Å²) in [7, 11) is 1.36. The van der Waals surface area contributed by atoms with Gasteiger partial charge in [0.05, 0.1) is 18.2 Å². The minimum Gasteiger partial charge on any atom is -0.496 e. The van der Waals surface area contributed by atoms with Gasteiger partial charge in [-0.3, -0.25) is 20.4 Å². The van der Waals surface area contributed by atoms with E-state index in [4.69, 9.17) is 21.1 Å². The van der Waals surface area contributed by atoms with Crippen LogP contribution in [0.15, 0.2) is 42.5 Å². The third kappa shape index (κ3) is 5.78. The summed E-state index contributed by atoms with van der Waals surface area (Å²) in [4.78, 5) is 23.8. The largest absolute Gasteiger partial charge is 0.496 e. The van der Waals surface area contributed by atoms with E-state index < -0.39 is 30.2 Å². The summed E-state index contributed by atoms with van der Waals surface area (Å²) in [6, 6.07) is 8.44. The lowest BCUT2D eigenvalue weighted by atomic mass is 10.2. The average Bonchev–Trinajstić information content (AvgIpc) is 2.64. The van der Waals surface area contributed by atoms with Gasteiger partial charge in [-0.25, -0.2) is 0 Å². The summed E-state index contributed by atoms with van der Waals surface area (Å²) in [5, 5.41) is 0.292. The second kappa shape index (κ2) is 8.63. The molecule has 2 N–H and O–H groups in total. The van der Waals surface area contributed by atoms with Crippen molar-refractivity contribution in [1.29, 1.82) is 0 Å². The number of hydrazine groups is 1. The Kier molecular flexibility index (Phi) is 6.51. The number of alkyl halides is 3. The van der Waals surface area contributed by atoms with E-state index in [0.717, 1.165) is 18.2 Å². The molecule has 10 heteroatoms. The maximum absolute atomic E-state index is 12.6. The maximum atomic E-state index is 12.6. The molecular weight excluding hydrogens is 389 g/mol. The molecule has 2 aromatic carbocycles. The number of nitrogens with one attached hydrogen (secondary N) is 2. The van der Waals surface area contributed by atoms with Crippen molar-refractivity contribution in [3.8, 4) is 11.5 Å². The molecule has 0 bridgehead atoms. The van der Waals surface area contributed by atoms with E-state index in [0.29, 0.717) is 5.02 Å². The van der Waals surface area contributed by atoms with Crippen LogP contribution in [0.5, 0.6) is 11.5 Å². The van der Waals surface area contributed by atoms with Crippen LogP contribution in [0.1, 0.15) is 15.9 Å². The van der Waals surface area contributed by atoms with Crippen LogP contribution in [0.2, 0.25) is 5.02 Å². The van der Waals surface area contributed by atoms with Crippen molar-refractivity contribution in [2.75, 3.05) is 13.7 Å². The zero-order valence-corrected chi connectivity index (χ0v) is 14.6. The van der Waals surface area contributed by atoms with Crippen LogP contribution in [0.3, 0.4) is 0 Å². The topological polar surface area (TPSA) is 76.7 Å².